The molecule has 2 aromatic rings. The summed E-state index contributed by atoms with van der Waals surface area (Å²) in [7, 11) is 1.83. The molecule has 3 nitrogen and oxygen atoms in total. The Balaban J connectivity index is 2.01. The second-order valence-electron chi connectivity index (χ2n) is 4.65. The fourth-order valence-corrected chi connectivity index (χ4v) is 2.41. The van der Waals surface area contributed by atoms with Crippen LogP contribution in [-0.4, -0.2) is 15.6 Å². The number of ketones is 1. The Bertz CT molecular complexity index is 685. The van der Waals surface area contributed by atoms with E-state index in [1.165, 1.54) is 6.07 Å². The van der Waals surface area contributed by atoms with Crippen LogP contribution in [0.15, 0.2) is 36.0 Å². The van der Waals surface area contributed by atoms with Gasteiger partial charge in [0, 0.05) is 23.9 Å². The van der Waals surface area contributed by atoms with Gasteiger partial charge in [0.1, 0.15) is 5.82 Å². The van der Waals surface area contributed by atoms with Gasteiger partial charge in [0.15, 0.2) is 5.78 Å². The summed E-state index contributed by atoms with van der Waals surface area (Å²) in [5, 5.41) is 4.10. The highest BCUT2D eigenvalue weighted by atomic mass is 19.1. The maximum atomic E-state index is 13.6. The summed E-state index contributed by atoms with van der Waals surface area (Å²) in [4.78, 5) is 12.3. The van der Waals surface area contributed by atoms with E-state index in [0.29, 0.717) is 23.1 Å². The molecule has 1 heterocycles. The van der Waals surface area contributed by atoms with Gasteiger partial charge in [-0.25, -0.2) is 4.39 Å². The van der Waals surface area contributed by atoms with Crippen LogP contribution in [0.1, 0.15) is 28.0 Å². The van der Waals surface area contributed by atoms with E-state index in [4.69, 9.17) is 0 Å². The largest absolute Gasteiger partial charge is 0.289 e. The van der Waals surface area contributed by atoms with Crippen LogP contribution in [0.3, 0.4) is 0 Å². The molecule has 96 valence electrons. The number of fused-ring (bicyclic) bond motifs is 1. The molecule has 0 spiro atoms. The standard InChI is InChI=1S/C15H13FN2O/c1-18-14-7-6-11(15(19)12(14)9-17-18)8-10-4-2-3-5-13(10)16/h2-5,8-9H,6-7H2,1H3/b11-8+. The maximum absolute atomic E-state index is 13.6. The van der Waals surface area contributed by atoms with Gasteiger partial charge < -0.3 is 0 Å². The summed E-state index contributed by atoms with van der Waals surface area (Å²) in [5.74, 6) is -0.350. The second-order valence-corrected chi connectivity index (χ2v) is 4.65. The highest BCUT2D eigenvalue weighted by molar-refractivity contribution is 6.12. The van der Waals surface area contributed by atoms with E-state index in [2.05, 4.69) is 5.10 Å². The molecule has 1 aromatic carbocycles. The minimum Gasteiger partial charge on any atom is -0.289 e. The van der Waals surface area contributed by atoms with Gasteiger partial charge in [-0.15, -0.1) is 0 Å². The van der Waals surface area contributed by atoms with Gasteiger partial charge in [-0.1, -0.05) is 18.2 Å². The van der Waals surface area contributed by atoms with Gasteiger partial charge in [0.05, 0.1) is 11.8 Å². The van der Waals surface area contributed by atoms with E-state index in [0.717, 1.165) is 12.1 Å². The molecule has 0 bridgehead atoms. The zero-order valence-corrected chi connectivity index (χ0v) is 10.6. The summed E-state index contributed by atoms with van der Waals surface area (Å²) in [6.07, 6.45) is 4.62. The molecular formula is C15H13FN2O. The van der Waals surface area contributed by atoms with Gasteiger partial charge in [0.25, 0.3) is 0 Å². The molecule has 0 unspecified atom stereocenters. The molecule has 3 rings (SSSR count). The number of benzene rings is 1. The van der Waals surface area contributed by atoms with Crippen molar-refractivity contribution in [3.05, 3.63) is 58.7 Å². The Kier molecular flexibility index (Phi) is 2.78. The Labute approximate surface area is 110 Å². The van der Waals surface area contributed by atoms with E-state index in [-0.39, 0.29) is 11.6 Å². The minimum atomic E-state index is -0.306. The smallest absolute Gasteiger partial charge is 0.192 e. The molecule has 0 fully saturated rings. The van der Waals surface area contributed by atoms with Gasteiger partial charge in [-0.3, -0.25) is 9.48 Å². The van der Waals surface area contributed by atoms with Crippen molar-refractivity contribution < 1.29 is 9.18 Å². The highest BCUT2D eigenvalue weighted by Gasteiger charge is 2.25. The number of rotatable bonds is 1. The number of allylic oxidation sites excluding steroid dienone is 1. The average Bonchev–Trinajstić information content (AvgIpc) is 2.78. The predicted molar refractivity (Wildman–Crippen MR) is 70.2 cm³/mol. The second kappa shape index (κ2) is 4.46. The number of Topliss-reactive ketones (excluding diaryl/α,β-unsaturated/α-hetero) is 1. The van der Waals surface area contributed by atoms with Crippen molar-refractivity contribution in [2.45, 2.75) is 12.8 Å². The molecule has 0 N–H and O–H groups in total. The molecule has 0 saturated carbocycles. The van der Waals surface area contributed by atoms with Crippen LogP contribution in [0.25, 0.3) is 6.08 Å². The fraction of sp³-hybridized carbons (Fsp3) is 0.200. The molecule has 0 atom stereocenters. The van der Waals surface area contributed by atoms with Crippen LogP contribution in [0.2, 0.25) is 0 Å². The quantitative estimate of drug-likeness (QED) is 0.735. The lowest BCUT2D eigenvalue weighted by Gasteiger charge is -2.14. The van der Waals surface area contributed by atoms with E-state index in [1.54, 1.807) is 35.2 Å². The highest BCUT2D eigenvalue weighted by Crippen LogP contribution is 2.26. The predicted octanol–water partition coefficient (Wildman–Crippen LogP) is 2.77. The van der Waals surface area contributed by atoms with Crippen molar-refractivity contribution in [2.24, 2.45) is 7.05 Å². The molecule has 19 heavy (non-hydrogen) atoms. The average molecular weight is 256 g/mol. The Morgan fingerprint density at radius 2 is 2.11 bits per heavy atom. The third-order valence-corrected chi connectivity index (χ3v) is 3.46. The first kappa shape index (κ1) is 11.8. The van der Waals surface area contributed by atoms with E-state index < -0.39 is 0 Å². The van der Waals surface area contributed by atoms with E-state index in [1.807, 2.05) is 7.05 Å². The molecule has 4 heteroatoms. The molecule has 1 aliphatic carbocycles. The Morgan fingerprint density at radius 1 is 1.32 bits per heavy atom. The van der Waals surface area contributed by atoms with E-state index >= 15 is 0 Å². The first-order valence-corrected chi connectivity index (χ1v) is 6.17. The molecule has 1 aromatic heterocycles. The summed E-state index contributed by atoms with van der Waals surface area (Å²) in [5.41, 5.74) is 2.69. The molecule has 0 aliphatic heterocycles. The topological polar surface area (TPSA) is 34.9 Å². The van der Waals surface area contributed by atoms with Gasteiger partial charge >= 0.3 is 0 Å². The van der Waals surface area contributed by atoms with Crippen LogP contribution < -0.4 is 0 Å². The third kappa shape index (κ3) is 1.99. The number of hydrogen-bond donors (Lipinski definition) is 0. The number of nitrogens with zero attached hydrogens (tertiary/aromatic N) is 2. The normalized spacial score (nSPS) is 16.7. The zero-order chi connectivity index (χ0) is 13.4. The van der Waals surface area contributed by atoms with Crippen LogP contribution in [0.5, 0.6) is 0 Å². The number of aromatic nitrogens is 2. The summed E-state index contributed by atoms with van der Waals surface area (Å²) >= 11 is 0. The van der Waals surface area contributed by atoms with Gasteiger partial charge in [-0.05, 0) is 25.0 Å². The first-order valence-electron chi connectivity index (χ1n) is 6.17. The van der Waals surface area contributed by atoms with Crippen molar-refractivity contribution in [3.8, 4) is 0 Å². The van der Waals surface area contributed by atoms with Gasteiger partial charge in [0.2, 0.25) is 0 Å². The van der Waals surface area contributed by atoms with Crippen LogP contribution in [-0.2, 0) is 13.5 Å². The van der Waals surface area contributed by atoms with Crippen molar-refractivity contribution in [2.75, 3.05) is 0 Å². The monoisotopic (exact) mass is 256 g/mol. The third-order valence-electron chi connectivity index (χ3n) is 3.46. The van der Waals surface area contributed by atoms with Crippen molar-refractivity contribution in [3.63, 3.8) is 0 Å². The van der Waals surface area contributed by atoms with Gasteiger partial charge in [-0.2, -0.15) is 5.10 Å². The van der Waals surface area contributed by atoms with Crippen LogP contribution in [0.4, 0.5) is 4.39 Å². The Morgan fingerprint density at radius 3 is 2.89 bits per heavy atom. The van der Waals surface area contributed by atoms with E-state index in [9.17, 15) is 9.18 Å². The van der Waals surface area contributed by atoms with Crippen LogP contribution in [0, 0.1) is 5.82 Å². The van der Waals surface area contributed by atoms with Crippen molar-refractivity contribution >= 4 is 11.9 Å². The molecule has 1 aliphatic rings. The fourth-order valence-electron chi connectivity index (χ4n) is 2.41. The lowest BCUT2D eigenvalue weighted by atomic mass is 9.90. The number of aryl methyl sites for hydroxylation is 1. The lowest BCUT2D eigenvalue weighted by Crippen LogP contribution is -2.15. The number of carbonyl (C=O) groups excluding carboxylic acids is 1. The number of halogens is 1. The SMILES string of the molecule is Cn1ncc2c1CC/C(=C\c1ccccc1F)C2=O. The van der Waals surface area contributed by atoms with Crippen molar-refractivity contribution in [1.29, 1.82) is 0 Å². The molecule has 0 saturated heterocycles. The minimum absolute atomic E-state index is 0.0439. The summed E-state index contributed by atoms with van der Waals surface area (Å²) in [6.45, 7) is 0. The first-order chi connectivity index (χ1) is 9.16. The Hall–Kier alpha value is -2.23. The molecule has 0 amide bonds. The number of hydrogen-bond acceptors (Lipinski definition) is 2. The lowest BCUT2D eigenvalue weighted by molar-refractivity contribution is 0.102. The number of carbonyl (C=O) groups is 1. The molecule has 0 radical (unpaired) electrons. The van der Waals surface area contributed by atoms with Crippen LogP contribution >= 0.6 is 0 Å². The summed E-state index contributed by atoms with van der Waals surface area (Å²) in [6, 6.07) is 6.47. The maximum Gasteiger partial charge on any atom is 0.192 e. The zero-order valence-electron chi connectivity index (χ0n) is 10.6. The van der Waals surface area contributed by atoms with Crippen molar-refractivity contribution in [1.82, 2.24) is 9.78 Å². The summed E-state index contributed by atoms with van der Waals surface area (Å²) < 4.78 is 15.3. The molecular weight excluding hydrogens is 243 g/mol.